The first-order valence-corrected chi connectivity index (χ1v) is 7.96. The highest BCUT2D eigenvalue weighted by atomic mass is 15.5. The summed E-state index contributed by atoms with van der Waals surface area (Å²) in [5, 5.41) is 12.2. The van der Waals surface area contributed by atoms with E-state index in [9.17, 15) is 0 Å². The highest BCUT2D eigenvalue weighted by Crippen LogP contribution is 2.18. The Kier molecular flexibility index (Phi) is 5.99. The maximum absolute atomic E-state index is 4.34. The van der Waals surface area contributed by atoms with Crippen LogP contribution in [0.5, 0.6) is 0 Å². The van der Waals surface area contributed by atoms with E-state index in [1.165, 1.54) is 24.7 Å². The topological polar surface area (TPSA) is 42.7 Å². The number of nitrogens with one attached hydrogen (secondary N) is 1. The second-order valence-corrected chi connectivity index (χ2v) is 5.51. The summed E-state index contributed by atoms with van der Waals surface area (Å²) in [4.78, 5) is 0. The van der Waals surface area contributed by atoms with Crippen molar-refractivity contribution in [1.82, 2.24) is 20.3 Å². The molecule has 0 amide bonds. The van der Waals surface area contributed by atoms with Crippen molar-refractivity contribution in [2.24, 2.45) is 0 Å². The van der Waals surface area contributed by atoms with Gasteiger partial charge < -0.3 is 0 Å². The molecule has 1 aromatic carbocycles. The van der Waals surface area contributed by atoms with Gasteiger partial charge in [0.05, 0.1) is 5.52 Å². The molecule has 0 saturated carbocycles. The summed E-state index contributed by atoms with van der Waals surface area (Å²) in [6.07, 6.45) is 4.72. The Morgan fingerprint density at radius 2 is 2.19 bits per heavy atom. The fourth-order valence-corrected chi connectivity index (χ4v) is 2.42. The summed E-state index contributed by atoms with van der Waals surface area (Å²) in [6, 6.07) is 8.10. The monoisotopic (exact) mass is 284 g/mol. The van der Waals surface area contributed by atoms with Crippen LogP contribution in [0.4, 0.5) is 0 Å². The smallest absolute Gasteiger partial charge is 0.148 e. The van der Waals surface area contributed by atoms with Gasteiger partial charge in [0, 0.05) is 0 Å². The molecule has 0 bridgehead atoms. The average molecular weight is 284 g/mol. The third-order valence-electron chi connectivity index (χ3n) is 3.81. The molecule has 2 rings (SSSR count). The average Bonchev–Trinajstić information content (AvgIpc) is 2.94. The molecule has 0 radical (unpaired) electrons. The van der Waals surface area contributed by atoms with Gasteiger partial charge in [-0.05, 0) is 31.5 Å². The molecule has 4 nitrogen and oxygen atoms in total. The number of unbranched alkanes of at least 4 members (excludes halogenated alkanes) is 2. The van der Waals surface area contributed by atoms with Crippen molar-refractivity contribution >= 4 is 18.3 Å². The zero-order chi connectivity index (χ0) is 15.1. The molecular weight excluding hydrogens is 259 g/mol. The third kappa shape index (κ3) is 4.17. The van der Waals surface area contributed by atoms with Gasteiger partial charge in [0.25, 0.3) is 0 Å². The normalized spacial score (nSPS) is 12.5. The fraction of sp³-hybridized carbons (Fsp3) is 0.500. The molecule has 0 aliphatic carbocycles. The summed E-state index contributed by atoms with van der Waals surface area (Å²) < 4.78 is 2.00. The van der Waals surface area contributed by atoms with Crippen LogP contribution in [0.2, 0.25) is 6.82 Å². The summed E-state index contributed by atoms with van der Waals surface area (Å²) in [7, 11) is 1.000. The van der Waals surface area contributed by atoms with Crippen LogP contribution < -0.4 is 5.32 Å². The van der Waals surface area contributed by atoms with E-state index in [1.807, 2.05) is 22.9 Å². The Bertz CT molecular complexity index is 578. The van der Waals surface area contributed by atoms with Crippen molar-refractivity contribution in [3.8, 4) is 0 Å². The summed E-state index contributed by atoms with van der Waals surface area (Å²) >= 11 is 0. The lowest BCUT2D eigenvalue weighted by Gasteiger charge is -2.20. The molecule has 2 aromatic rings. The summed E-state index contributed by atoms with van der Waals surface area (Å²) in [5.41, 5.74) is 3.26. The molecule has 0 aliphatic heterocycles. The largest absolute Gasteiger partial charge is 0.295 e. The number of para-hydroxylation sites is 1. The molecule has 112 valence electrons. The van der Waals surface area contributed by atoms with Gasteiger partial charge in [0.2, 0.25) is 0 Å². The van der Waals surface area contributed by atoms with E-state index in [1.54, 1.807) is 0 Å². The SMILES string of the molecule is C=C(BC)CC(NCCCCC)n1nnc2ccccc21. The lowest BCUT2D eigenvalue weighted by atomic mass is 9.71. The quantitative estimate of drug-likeness (QED) is 0.568. The van der Waals surface area contributed by atoms with E-state index in [0.29, 0.717) is 0 Å². The number of hydrogen-bond acceptors (Lipinski definition) is 3. The zero-order valence-corrected chi connectivity index (χ0v) is 13.2. The summed E-state index contributed by atoms with van der Waals surface area (Å²) in [5.74, 6) is 0. The minimum absolute atomic E-state index is 0.140. The number of hydrogen-bond donors (Lipinski definition) is 1. The lowest BCUT2D eigenvalue weighted by molar-refractivity contribution is 0.369. The predicted molar refractivity (Wildman–Crippen MR) is 90.9 cm³/mol. The van der Waals surface area contributed by atoms with E-state index in [2.05, 4.69) is 42.0 Å². The Labute approximate surface area is 127 Å². The highest BCUT2D eigenvalue weighted by molar-refractivity contribution is 6.43. The van der Waals surface area contributed by atoms with Gasteiger partial charge in [-0.1, -0.05) is 43.9 Å². The molecule has 1 heterocycles. The Hall–Kier alpha value is -1.62. The zero-order valence-electron chi connectivity index (χ0n) is 13.2. The van der Waals surface area contributed by atoms with Gasteiger partial charge in [0.15, 0.2) is 0 Å². The van der Waals surface area contributed by atoms with Crippen LogP contribution in [0.25, 0.3) is 11.0 Å². The van der Waals surface area contributed by atoms with Gasteiger partial charge in [0.1, 0.15) is 19.0 Å². The van der Waals surface area contributed by atoms with Gasteiger partial charge in [-0.15, -0.1) is 17.2 Å². The fourth-order valence-electron chi connectivity index (χ4n) is 2.42. The van der Waals surface area contributed by atoms with Crippen LogP contribution in [-0.2, 0) is 0 Å². The molecule has 1 unspecified atom stereocenters. The predicted octanol–water partition coefficient (Wildman–Crippen LogP) is 3.10. The van der Waals surface area contributed by atoms with Gasteiger partial charge in [-0.2, -0.15) is 0 Å². The molecule has 0 spiro atoms. The first-order valence-electron chi connectivity index (χ1n) is 7.96. The van der Waals surface area contributed by atoms with Gasteiger partial charge in [-0.25, -0.2) is 4.68 Å². The van der Waals surface area contributed by atoms with Crippen LogP contribution in [-0.4, -0.2) is 28.8 Å². The Morgan fingerprint density at radius 3 is 2.95 bits per heavy atom. The second kappa shape index (κ2) is 7.98. The van der Waals surface area contributed by atoms with Crippen LogP contribution in [0.15, 0.2) is 36.3 Å². The summed E-state index contributed by atoms with van der Waals surface area (Å²) in [6.45, 7) is 9.52. The molecule has 0 aliphatic rings. The molecule has 0 fully saturated rings. The minimum Gasteiger partial charge on any atom is -0.295 e. The Balaban J connectivity index is 2.15. The number of benzene rings is 1. The van der Waals surface area contributed by atoms with Gasteiger partial charge >= 0.3 is 0 Å². The molecular formula is C16H25BN4. The highest BCUT2D eigenvalue weighted by Gasteiger charge is 2.15. The number of aromatic nitrogens is 3. The first kappa shape index (κ1) is 15.8. The second-order valence-electron chi connectivity index (χ2n) is 5.51. The van der Waals surface area contributed by atoms with Crippen molar-refractivity contribution in [3.05, 3.63) is 36.3 Å². The van der Waals surface area contributed by atoms with E-state index >= 15 is 0 Å². The number of fused-ring (bicyclic) bond motifs is 1. The maximum Gasteiger partial charge on any atom is 0.148 e. The standard InChI is InChI=1S/C16H25BN4/c1-4-5-8-11-18-16(12-13(2)17-3)21-15-10-7-6-9-14(15)19-20-21/h6-7,9-10,16-18H,2,4-5,8,11-12H2,1,3H3. The Morgan fingerprint density at radius 1 is 1.38 bits per heavy atom. The first-order chi connectivity index (χ1) is 10.3. The molecule has 0 saturated heterocycles. The maximum atomic E-state index is 4.34. The third-order valence-corrected chi connectivity index (χ3v) is 3.81. The van der Waals surface area contributed by atoms with E-state index in [4.69, 9.17) is 0 Å². The van der Waals surface area contributed by atoms with Crippen LogP contribution in [0, 0.1) is 0 Å². The molecule has 1 N–H and O–H groups in total. The van der Waals surface area contributed by atoms with Crippen molar-refractivity contribution in [2.45, 2.75) is 45.6 Å². The van der Waals surface area contributed by atoms with Crippen LogP contribution in [0.1, 0.15) is 38.8 Å². The van der Waals surface area contributed by atoms with E-state index < -0.39 is 0 Å². The van der Waals surface area contributed by atoms with Crippen LogP contribution >= 0.6 is 0 Å². The van der Waals surface area contributed by atoms with Crippen molar-refractivity contribution in [3.63, 3.8) is 0 Å². The van der Waals surface area contributed by atoms with Crippen molar-refractivity contribution in [1.29, 1.82) is 0 Å². The van der Waals surface area contributed by atoms with Gasteiger partial charge in [-0.3, -0.25) is 5.32 Å². The van der Waals surface area contributed by atoms with E-state index in [-0.39, 0.29) is 6.17 Å². The number of nitrogens with zero attached hydrogens (tertiary/aromatic N) is 3. The minimum atomic E-state index is 0.140. The van der Waals surface area contributed by atoms with Crippen molar-refractivity contribution in [2.75, 3.05) is 6.54 Å². The molecule has 21 heavy (non-hydrogen) atoms. The van der Waals surface area contributed by atoms with E-state index in [0.717, 1.165) is 31.3 Å². The van der Waals surface area contributed by atoms with Crippen LogP contribution in [0.3, 0.4) is 0 Å². The lowest BCUT2D eigenvalue weighted by Crippen LogP contribution is -2.29. The number of rotatable bonds is 9. The molecule has 5 heteroatoms. The molecule has 1 atom stereocenters. The molecule has 1 aromatic heterocycles. The van der Waals surface area contributed by atoms with Crippen molar-refractivity contribution < 1.29 is 0 Å².